The fourth-order valence-corrected chi connectivity index (χ4v) is 1.78. The number of hydrogen-bond donors (Lipinski definition) is 2. The summed E-state index contributed by atoms with van der Waals surface area (Å²) in [6.07, 6.45) is 0. The van der Waals surface area contributed by atoms with E-state index in [4.69, 9.17) is 21.1 Å². The minimum Gasteiger partial charge on any atom is -0.492 e. The third-order valence-electron chi connectivity index (χ3n) is 2.51. The number of halogens is 1. The van der Waals surface area contributed by atoms with E-state index in [1.54, 1.807) is 6.07 Å². The number of rotatable bonds is 9. The van der Waals surface area contributed by atoms with Gasteiger partial charge >= 0.3 is 0 Å². The number of hydrogen-bond acceptors (Lipinski definition) is 3. The predicted octanol–water partition coefficient (Wildman–Crippen LogP) is 2.31. The summed E-state index contributed by atoms with van der Waals surface area (Å²) in [4.78, 5) is 4.40. The second-order valence-electron chi connectivity index (χ2n) is 4.19. The van der Waals surface area contributed by atoms with Crippen LogP contribution in [0.15, 0.2) is 29.3 Å². The van der Waals surface area contributed by atoms with Gasteiger partial charge in [-0.3, -0.25) is 4.99 Å². The van der Waals surface area contributed by atoms with Crippen LogP contribution in [-0.2, 0) is 4.74 Å². The van der Waals surface area contributed by atoms with Crippen molar-refractivity contribution in [3.8, 4) is 5.75 Å². The Morgan fingerprint density at radius 3 is 2.81 bits per heavy atom. The molecule has 0 aliphatic rings. The Hall–Kier alpha value is -1.46. The summed E-state index contributed by atoms with van der Waals surface area (Å²) >= 11 is 5.90. The van der Waals surface area contributed by atoms with E-state index in [1.165, 1.54) is 0 Å². The average Bonchev–Trinajstić information content (AvgIpc) is 2.48. The van der Waals surface area contributed by atoms with Gasteiger partial charge in [-0.05, 0) is 32.0 Å². The van der Waals surface area contributed by atoms with E-state index >= 15 is 0 Å². The molecule has 21 heavy (non-hydrogen) atoms. The molecule has 0 spiro atoms. The summed E-state index contributed by atoms with van der Waals surface area (Å²) in [6, 6.07) is 7.36. The summed E-state index contributed by atoms with van der Waals surface area (Å²) < 4.78 is 10.9. The van der Waals surface area contributed by atoms with E-state index in [9.17, 15) is 0 Å². The van der Waals surface area contributed by atoms with Crippen LogP contribution in [0.2, 0.25) is 5.02 Å². The zero-order chi connectivity index (χ0) is 15.3. The minimum absolute atomic E-state index is 0.538. The van der Waals surface area contributed by atoms with Crippen LogP contribution in [0.3, 0.4) is 0 Å². The number of ether oxygens (including phenoxy) is 2. The summed E-state index contributed by atoms with van der Waals surface area (Å²) in [7, 11) is 0. The van der Waals surface area contributed by atoms with Crippen molar-refractivity contribution in [2.45, 2.75) is 13.8 Å². The Balaban J connectivity index is 2.26. The molecule has 0 radical (unpaired) electrons. The van der Waals surface area contributed by atoms with Gasteiger partial charge in [0, 0.05) is 18.2 Å². The lowest BCUT2D eigenvalue weighted by Gasteiger charge is -2.12. The summed E-state index contributed by atoms with van der Waals surface area (Å²) in [5.74, 6) is 1.54. The standard InChI is InChI=1S/C15H24ClN3O2/c1-3-17-15(18-8-10-20-4-2)19-9-11-21-14-7-5-6-13(16)12-14/h5-7,12H,3-4,8-11H2,1-2H3,(H2,17,18,19). The number of nitrogens with one attached hydrogen (secondary N) is 2. The maximum atomic E-state index is 5.90. The summed E-state index contributed by atoms with van der Waals surface area (Å²) in [5.41, 5.74) is 0. The van der Waals surface area contributed by atoms with E-state index < -0.39 is 0 Å². The Kier molecular flexibility index (Phi) is 9.40. The predicted molar refractivity (Wildman–Crippen MR) is 87.4 cm³/mol. The number of guanidine groups is 1. The maximum absolute atomic E-state index is 5.90. The molecular formula is C15H24ClN3O2. The molecule has 1 aromatic carbocycles. The van der Waals surface area contributed by atoms with Gasteiger partial charge in [-0.1, -0.05) is 17.7 Å². The molecule has 1 rings (SSSR count). The molecule has 118 valence electrons. The van der Waals surface area contributed by atoms with Crippen molar-refractivity contribution in [1.82, 2.24) is 10.6 Å². The highest BCUT2D eigenvalue weighted by Gasteiger charge is 1.98. The molecule has 0 bridgehead atoms. The van der Waals surface area contributed by atoms with Gasteiger partial charge in [-0.25, -0.2) is 0 Å². The quantitative estimate of drug-likeness (QED) is 0.417. The summed E-state index contributed by atoms with van der Waals surface area (Å²) in [6.45, 7) is 8.00. The van der Waals surface area contributed by atoms with Gasteiger partial charge in [0.05, 0.1) is 19.7 Å². The van der Waals surface area contributed by atoms with Crippen molar-refractivity contribution in [2.24, 2.45) is 4.99 Å². The van der Waals surface area contributed by atoms with Crippen LogP contribution in [0.5, 0.6) is 5.75 Å². The van der Waals surface area contributed by atoms with Crippen LogP contribution in [-0.4, -0.2) is 45.4 Å². The molecule has 0 fully saturated rings. The van der Waals surface area contributed by atoms with E-state index in [-0.39, 0.29) is 0 Å². The van der Waals surface area contributed by atoms with Crippen LogP contribution in [0.25, 0.3) is 0 Å². The monoisotopic (exact) mass is 313 g/mol. The van der Waals surface area contributed by atoms with Crippen LogP contribution in [0.1, 0.15) is 13.8 Å². The first-order valence-electron chi connectivity index (χ1n) is 7.24. The maximum Gasteiger partial charge on any atom is 0.191 e. The van der Waals surface area contributed by atoms with Gasteiger partial charge < -0.3 is 20.1 Å². The van der Waals surface area contributed by atoms with Gasteiger partial charge in [-0.2, -0.15) is 0 Å². The lowest BCUT2D eigenvalue weighted by Crippen LogP contribution is -2.39. The van der Waals surface area contributed by atoms with Crippen molar-refractivity contribution < 1.29 is 9.47 Å². The lowest BCUT2D eigenvalue weighted by atomic mass is 10.3. The van der Waals surface area contributed by atoms with Crippen LogP contribution >= 0.6 is 11.6 Å². The van der Waals surface area contributed by atoms with E-state index in [0.717, 1.165) is 18.3 Å². The molecule has 0 atom stereocenters. The fourth-order valence-electron chi connectivity index (χ4n) is 1.60. The smallest absolute Gasteiger partial charge is 0.191 e. The van der Waals surface area contributed by atoms with Gasteiger partial charge in [0.1, 0.15) is 12.4 Å². The van der Waals surface area contributed by atoms with Gasteiger partial charge in [0.2, 0.25) is 0 Å². The minimum atomic E-state index is 0.538. The molecule has 0 unspecified atom stereocenters. The van der Waals surface area contributed by atoms with Crippen LogP contribution in [0.4, 0.5) is 0 Å². The SMILES string of the molecule is CCNC(=NCCOCC)NCCOc1cccc(Cl)c1. The first-order valence-corrected chi connectivity index (χ1v) is 7.62. The molecule has 2 N–H and O–H groups in total. The normalized spacial score (nSPS) is 11.3. The van der Waals surface area contributed by atoms with E-state index in [0.29, 0.717) is 37.9 Å². The number of benzene rings is 1. The molecule has 0 saturated heterocycles. The molecule has 0 aliphatic heterocycles. The van der Waals surface area contributed by atoms with E-state index in [2.05, 4.69) is 15.6 Å². The zero-order valence-electron chi connectivity index (χ0n) is 12.7. The first kappa shape index (κ1) is 17.6. The van der Waals surface area contributed by atoms with Crippen molar-refractivity contribution in [3.63, 3.8) is 0 Å². The van der Waals surface area contributed by atoms with Crippen LogP contribution in [0, 0.1) is 0 Å². The van der Waals surface area contributed by atoms with Crippen LogP contribution < -0.4 is 15.4 Å². The Bertz CT molecular complexity index is 427. The molecule has 0 amide bonds. The third-order valence-corrected chi connectivity index (χ3v) is 2.75. The second kappa shape index (κ2) is 11.2. The topological polar surface area (TPSA) is 54.9 Å². The van der Waals surface area contributed by atoms with Gasteiger partial charge in [0.25, 0.3) is 0 Å². The molecule has 6 heteroatoms. The Morgan fingerprint density at radius 2 is 2.10 bits per heavy atom. The third kappa shape index (κ3) is 8.42. The first-order chi connectivity index (χ1) is 10.3. The van der Waals surface area contributed by atoms with Gasteiger partial charge in [0.15, 0.2) is 5.96 Å². The summed E-state index contributed by atoms with van der Waals surface area (Å²) in [5, 5.41) is 7.05. The van der Waals surface area contributed by atoms with E-state index in [1.807, 2.05) is 32.0 Å². The second-order valence-corrected chi connectivity index (χ2v) is 4.63. The van der Waals surface area contributed by atoms with Crippen molar-refractivity contribution in [2.75, 3.05) is 39.5 Å². The number of nitrogens with zero attached hydrogens (tertiary/aromatic N) is 1. The molecule has 1 aromatic rings. The highest BCUT2D eigenvalue weighted by atomic mass is 35.5. The zero-order valence-corrected chi connectivity index (χ0v) is 13.4. The molecular weight excluding hydrogens is 290 g/mol. The molecule has 0 aliphatic carbocycles. The fraction of sp³-hybridized carbons (Fsp3) is 0.533. The average molecular weight is 314 g/mol. The highest BCUT2D eigenvalue weighted by Crippen LogP contribution is 2.16. The molecule has 0 saturated carbocycles. The Morgan fingerprint density at radius 1 is 1.24 bits per heavy atom. The number of aliphatic imine (C=N–C) groups is 1. The van der Waals surface area contributed by atoms with Crippen molar-refractivity contribution in [1.29, 1.82) is 0 Å². The molecule has 0 heterocycles. The highest BCUT2D eigenvalue weighted by molar-refractivity contribution is 6.30. The largest absolute Gasteiger partial charge is 0.492 e. The van der Waals surface area contributed by atoms with Crippen molar-refractivity contribution in [3.05, 3.63) is 29.3 Å². The van der Waals surface area contributed by atoms with Crippen molar-refractivity contribution >= 4 is 17.6 Å². The molecule has 0 aromatic heterocycles. The molecule has 5 nitrogen and oxygen atoms in total. The van der Waals surface area contributed by atoms with Gasteiger partial charge in [-0.15, -0.1) is 0 Å². The lowest BCUT2D eigenvalue weighted by molar-refractivity contribution is 0.155. The Labute approximate surface area is 131 Å².